The number of fused-ring (bicyclic) bond motifs is 2. The van der Waals surface area contributed by atoms with Crippen LogP contribution in [0.15, 0.2) is 29.2 Å². The minimum atomic E-state index is -0.317. The SMILES string of the molecule is Cc1cccn2c(=O)c3cc(C(=O)NC[C@H]4CCCO4)c(N)[n+](C(C)C)c3nc12. The summed E-state index contributed by atoms with van der Waals surface area (Å²) < 4.78 is 8.83. The monoisotopic (exact) mass is 396 g/mol. The van der Waals surface area contributed by atoms with Crippen molar-refractivity contribution in [2.24, 2.45) is 0 Å². The number of pyridine rings is 2. The van der Waals surface area contributed by atoms with Gasteiger partial charge in [0.05, 0.1) is 12.1 Å². The number of carbonyl (C=O) groups excluding carboxylic acids is 1. The van der Waals surface area contributed by atoms with E-state index in [1.165, 1.54) is 4.40 Å². The van der Waals surface area contributed by atoms with Gasteiger partial charge < -0.3 is 15.8 Å². The van der Waals surface area contributed by atoms with Gasteiger partial charge in [-0.15, -0.1) is 0 Å². The fourth-order valence-corrected chi connectivity index (χ4v) is 3.88. The Hall–Kier alpha value is -3.00. The molecule has 3 aromatic heterocycles. The number of nitrogens with two attached hydrogens (primary N) is 1. The fourth-order valence-electron chi connectivity index (χ4n) is 3.88. The number of hydrogen-bond acceptors (Lipinski definition) is 5. The van der Waals surface area contributed by atoms with Crippen LogP contribution >= 0.6 is 0 Å². The number of anilines is 1. The summed E-state index contributed by atoms with van der Waals surface area (Å²) in [5.74, 6) is -0.0230. The van der Waals surface area contributed by atoms with Crippen LogP contribution in [0.1, 0.15) is 48.7 Å². The molecule has 1 fully saturated rings. The molecule has 0 aromatic carbocycles. The van der Waals surface area contributed by atoms with E-state index in [-0.39, 0.29) is 29.2 Å². The van der Waals surface area contributed by atoms with Crippen molar-refractivity contribution >= 4 is 28.4 Å². The Kier molecular flexibility index (Phi) is 4.96. The molecule has 3 aromatic rings. The number of aromatic nitrogens is 3. The summed E-state index contributed by atoms with van der Waals surface area (Å²) in [6, 6.07) is 5.18. The van der Waals surface area contributed by atoms with Crippen LogP contribution in [-0.2, 0) is 4.74 Å². The maximum Gasteiger partial charge on any atom is 0.278 e. The molecule has 4 rings (SSSR count). The lowest BCUT2D eigenvalue weighted by Crippen LogP contribution is -2.44. The normalized spacial score (nSPS) is 16.8. The number of carbonyl (C=O) groups is 1. The van der Waals surface area contributed by atoms with E-state index in [1.54, 1.807) is 22.9 Å². The molecule has 29 heavy (non-hydrogen) atoms. The Morgan fingerprint density at radius 1 is 1.48 bits per heavy atom. The average Bonchev–Trinajstić information content (AvgIpc) is 3.20. The molecule has 1 aliphatic heterocycles. The molecule has 1 aliphatic rings. The van der Waals surface area contributed by atoms with E-state index < -0.39 is 0 Å². The van der Waals surface area contributed by atoms with Crippen molar-refractivity contribution in [1.29, 1.82) is 0 Å². The molecule has 8 nitrogen and oxygen atoms in total. The van der Waals surface area contributed by atoms with Crippen molar-refractivity contribution < 1.29 is 14.1 Å². The number of nitrogens with zero attached hydrogens (tertiary/aromatic N) is 3. The number of nitrogens with one attached hydrogen (secondary N) is 1. The van der Waals surface area contributed by atoms with Crippen LogP contribution in [0.5, 0.6) is 0 Å². The minimum absolute atomic E-state index is 0.0251. The molecule has 0 bridgehead atoms. The standard InChI is InChI=1S/C21H25N5O3/c1-12(2)26-17(22)15(20(27)23-11-14-7-5-9-29-14)10-16-19(26)24-18-13(3)6-4-8-25(18)21(16)28/h4,6,8,10,12,14,22H,5,7,9,11H2,1-3H3,(H,23,27)/p+1/t14-/m1/s1. The van der Waals surface area contributed by atoms with Gasteiger partial charge in [-0.05, 0) is 45.7 Å². The maximum absolute atomic E-state index is 13.2. The third-order valence-electron chi connectivity index (χ3n) is 5.39. The molecule has 3 N–H and O–H groups in total. The third-order valence-corrected chi connectivity index (χ3v) is 5.39. The molecule has 1 saturated heterocycles. The molecular formula is C21H26N5O3+. The summed E-state index contributed by atoms with van der Waals surface area (Å²) in [7, 11) is 0. The number of amides is 1. The maximum atomic E-state index is 13.2. The van der Waals surface area contributed by atoms with Crippen molar-refractivity contribution in [2.75, 3.05) is 18.9 Å². The van der Waals surface area contributed by atoms with Crippen LogP contribution in [0.4, 0.5) is 5.82 Å². The number of aryl methyl sites for hydroxylation is 1. The van der Waals surface area contributed by atoms with Gasteiger partial charge in [0.1, 0.15) is 10.9 Å². The second kappa shape index (κ2) is 7.44. The topological polar surface area (TPSA) is 103 Å². The molecule has 152 valence electrons. The molecule has 0 radical (unpaired) electrons. The van der Waals surface area contributed by atoms with Gasteiger partial charge in [-0.25, -0.2) is 4.57 Å². The van der Waals surface area contributed by atoms with Crippen LogP contribution in [-0.4, -0.2) is 34.5 Å². The van der Waals surface area contributed by atoms with E-state index in [1.807, 2.05) is 26.8 Å². The summed E-state index contributed by atoms with van der Waals surface area (Å²) in [5.41, 5.74) is 8.38. The second-order valence-electron chi connectivity index (χ2n) is 7.79. The van der Waals surface area contributed by atoms with Crippen LogP contribution in [0, 0.1) is 6.92 Å². The van der Waals surface area contributed by atoms with E-state index in [2.05, 4.69) is 5.32 Å². The van der Waals surface area contributed by atoms with E-state index in [0.29, 0.717) is 29.0 Å². The Labute approximate surface area is 168 Å². The third kappa shape index (κ3) is 3.33. The number of hydrogen-bond donors (Lipinski definition) is 2. The van der Waals surface area contributed by atoms with Crippen LogP contribution in [0.3, 0.4) is 0 Å². The predicted octanol–water partition coefficient (Wildman–Crippen LogP) is 1.52. The minimum Gasteiger partial charge on any atom is -0.376 e. The molecule has 8 heteroatoms. The lowest BCUT2D eigenvalue weighted by atomic mass is 10.1. The lowest BCUT2D eigenvalue weighted by Gasteiger charge is -2.16. The summed E-state index contributed by atoms with van der Waals surface area (Å²) in [6.07, 6.45) is 3.64. The average molecular weight is 396 g/mol. The van der Waals surface area contributed by atoms with Gasteiger partial charge in [-0.2, -0.15) is 0 Å². The molecule has 1 atom stereocenters. The molecular weight excluding hydrogens is 370 g/mol. The van der Waals surface area contributed by atoms with Crippen molar-refractivity contribution in [3.8, 4) is 0 Å². The first-order chi connectivity index (χ1) is 13.9. The van der Waals surface area contributed by atoms with Crippen molar-refractivity contribution in [3.05, 3.63) is 45.9 Å². The number of ether oxygens (including phenoxy) is 1. The lowest BCUT2D eigenvalue weighted by molar-refractivity contribution is -0.679. The molecule has 0 unspecified atom stereocenters. The fraction of sp³-hybridized carbons (Fsp3) is 0.429. The van der Waals surface area contributed by atoms with Crippen molar-refractivity contribution in [2.45, 2.75) is 45.8 Å². The van der Waals surface area contributed by atoms with Gasteiger partial charge in [0.2, 0.25) is 11.5 Å². The van der Waals surface area contributed by atoms with Gasteiger partial charge in [-0.3, -0.25) is 14.0 Å². The van der Waals surface area contributed by atoms with Crippen LogP contribution in [0.25, 0.3) is 16.7 Å². The largest absolute Gasteiger partial charge is 0.376 e. The zero-order chi connectivity index (χ0) is 20.7. The number of nitrogen functional groups attached to an aromatic ring is 1. The van der Waals surface area contributed by atoms with E-state index in [0.717, 1.165) is 25.0 Å². The summed E-state index contributed by atoms with van der Waals surface area (Å²) in [4.78, 5) is 30.8. The highest BCUT2D eigenvalue weighted by molar-refractivity contribution is 6.00. The predicted molar refractivity (Wildman–Crippen MR) is 110 cm³/mol. The first-order valence-corrected chi connectivity index (χ1v) is 9.94. The van der Waals surface area contributed by atoms with E-state index >= 15 is 0 Å². The van der Waals surface area contributed by atoms with Crippen LogP contribution < -0.4 is 21.2 Å². The van der Waals surface area contributed by atoms with Gasteiger partial charge in [0, 0.05) is 24.9 Å². The second-order valence-corrected chi connectivity index (χ2v) is 7.79. The van der Waals surface area contributed by atoms with E-state index in [9.17, 15) is 9.59 Å². The van der Waals surface area contributed by atoms with Gasteiger partial charge in [0.15, 0.2) is 0 Å². The zero-order valence-electron chi connectivity index (χ0n) is 16.9. The summed E-state index contributed by atoms with van der Waals surface area (Å²) in [6.45, 7) is 6.95. The Morgan fingerprint density at radius 3 is 2.97 bits per heavy atom. The molecule has 0 saturated carbocycles. The Bertz CT molecular complexity index is 1160. The highest BCUT2D eigenvalue weighted by Crippen LogP contribution is 2.18. The van der Waals surface area contributed by atoms with Gasteiger partial charge >= 0.3 is 0 Å². The number of rotatable bonds is 4. The molecule has 0 aliphatic carbocycles. The van der Waals surface area contributed by atoms with Crippen molar-refractivity contribution in [1.82, 2.24) is 14.7 Å². The first kappa shape index (κ1) is 19.3. The highest BCUT2D eigenvalue weighted by atomic mass is 16.5. The Balaban J connectivity index is 1.88. The molecule has 1 amide bonds. The van der Waals surface area contributed by atoms with Gasteiger partial charge in [0.25, 0.3) is 17.1 Å². The Morgan fingerprint density at radius 2 is 2.28 bits per heavy atom. The van der Waals surface area contributed by atoms with E-state index in [4.69, 9.17) is 15.5 Å². The summed E-state index contributed by atoms with van der Waals surface area (Å²) >= 11 is 0. The molecule has 0 spiro atoms. The van der Waals surface area contributed by atoms with Crippen molar-refractivity contribution in [3.63, 3.8) is 0 Å². The zero-order valence-corrected chi connectivity index (χ0v) is 16.9. The van der Waals surface area contributed by atoms with Gasteiger partial charge in [-0.1, -0.05) is 11.1 Å². The summed E-state index contributed by atoms with van der Waals surface area (Å²) in [5, 5.41) is 3.25. The first-order valence-electron chi connectivity index (χ1n) is 9.94. The smallest absolute Gasteiger partial charge is 0.278 e. The highest BCUT2D eigenvalue weighted by Gasteiger charge is 2.26. The van der Waals surface area contributed by atoms with Crippen LogP contribution in [0.2, 0.25) is 0 Å². The molecule has 4 heterocycles. The quantitative estimate of drug-likeness (QED) is 0.514.